The number of methoxy groups -OCH3 is 1. The van der Waals surface area contributed by atoms with E-state index in [1.54, 1.807) is 6.92 Å². The Morgan fingerprint density at radius 1 is 1.36 bits per heavy atom. The van der Waals surface area contributed by atoms with Crippen LogP contribution in [0.5, 0.6) is 0 Å². The van der Waals surface area contributed by atoms with Gasteiger partial charge in [-0.2, -0.15) is 0 Å². The molecule has 1 heterocycles. The highest BCUT2D eigenvalue weighted by Crippen LogP contribution is 2.27. The summed E-state index contributed by atoms with van der Waals surface area (Å²) >= 11 is 0. The number of amides is 2. The summed E-state index contributed by atoms with van der Waals surface area (Å²) in [6.07, 6.45) is -0.195. The average Bonchev–Trinajstić information content (AvgIpc) is 2.55. The summed E-state index contributed by atoms with van der Waals surface area (Å²) in [6, 6.07) is 3.99. The lowest BCUT2D eigenvalue weighted by molar-refractivity contribution is -0.384. The Bertz CT molecular complexity index is 799. The van der Waals surface area contributed by atoms with Gasteiger partial charge in [0.15, 0.2) is 0 Å². The minimum Gasteiger partial charge on any atom is -0.466 e. The van der Waals surface area contributed by atoms with E-state index in [9.17, 15) is 24.5 Å². The van der Waals surface area contributed by atoms with Crippen LogP contribution in [0, 0.1) is 23.0 Å². The van der Waals surface area contributed by atoms with Crippen molar-refractivity contribution in [3.63, 3.8) is 0 Å². The second-order valence-corrected chi connectivity index (χ2v) is 5.58. The molecule has 0 saturated carbocycles. The third-order valence-electron chi connectivity index (χ3n) is 3.87. The number of esters is 1. The van der Waals surface area contributed by atoms with Gasteiger partial charge in [0.2, 0.25) is 11.8 Å². The second-order valence-electron chi connectivity index (χ2n) is 5.58. The van der Waals surface area contributed by atoms with Crippen LogP contribution in [0.4, 0.5) is 11.4 Å². The first kappa shape index (κ1) is 18.1. The van der Waals surface area contributed by atoms with Crippen LogP contribution >= 0.6 is 0 Å². The fraction of sp³-hybridized carbons (Fsp3) is 0.312. The molecule has 0 fully saturated rings. The van der Waals surface area contributed by atoms with Crippen LogP contribution < -0.4 is 10.6 Å². The van der Waals surface area contributed by atoms with Crippen LogP contribution in [0.2, 0.25) is 0 Å². The van der Waals surface area contributed by atoms with Gasteiger partial charge >= 0.3 is 5.97 Å². The SMILES string of the molecule is COC(=O)C1=C(C)NC(=O)C[C@H]1C(=O)Nc1ccc([N+](=O)[O-])cc1C. The molecule has 0 aliphatic carbocycles. The average molecular weight is 347 g/mol. The quantitative estimate of drug-likeness (QED) is 0.482. The summed E-state index contributed by atoms with van der Waals surface area (Å²) in [4.78, 5) is 46.5. The Morgan fingerprint density at radius 3 is 2.60 bits per heavy atom. The highest BCUT2D eigenvalue weighted by Gasteiger charge is 2.36. The molecule has 9 nitrogen and oxygen atoms in total. The van der Waals surface area contributed by atoms with E-state index in [4.69, 9.17) is 0 Å². The van der Waals surface area contributed by atoms with Crippen LogP contribution in [0.15, 0.2) is 29.5 Å². The highest BCUT2D eigenvalue weighted by molar-refractivity contribution is 6.06. The minimum absolute atomic E-state index is 0.0826. The monoisotopic (exact) mass is 347 g/mol. The van der Waals surface area contributed by atoms with E-state index < -0.39 is 22.7 Å². The van der Waals surface area contributed by atoms with Crippen LogP contribution in [0.25, 0.3) is 0 Å². The lowest BCUT2D eigenvalue weighted by Crippen LogP contribution is -2.40. The lowest BCUT2D eigenvalue weighted by atomic mass is 9.89. The largest absolute Gasteiger partial charge is 0.466 e. The molecule has 1 atom stereocenters. The lowest BCUT2D eigenvalue weighted by Gasteiger charge is -2.25. The van der Waals surface area contributed by atoms with Crippen molar-refractivity contribution in [3.8, 4) is 0 Å². The Hall–Kier alpha value is -3.23. The van der Waals surface area contributed by atoms with Crippen molar-refractivity contribution >= 4 is 29.2 Å². The van der Waals surface area contributed by atoms with Crippen molar-refractivity contribution < 1.29 is 24.0 Å². The number of benzene rings is 1. The van der Waals surface area contributed by atoms with Gasteiger partial charge < -0.3 is 15.4 Å². The summed E-state index contributed by atoms with van der Waals surface area (Å²) in [7, 11) is 1.19. The standard InChI is InChI=1S/C16H17N3O6/c1-8-6-10(19(23)24)4-5-12(8)18-15(21)11-7-13(20)17-9(2)14(11)16(22)25-3/h4-6,11H,7H2,1-3H3,(H,17,20)(H,18,21)/t11-/m1/s1. The fourth-order valence-electron chi connectivity index (χ4n) is 2.63. The Labute approximate surface area is 143 Å². The van der Waals surface area contributed by atoms with E-state index in [0.29, 0.717) is 11.3 Å². The van der Waals surface area contributed by atoms with E-state index in [1.165, 1.54) is 32.2 Å². The van der Waals surface area contributed by atoms with E-state index in [1.807, 2.05) is 0 Å². The number of nitro groups is 1. The topological polar surface area (TPSA) is 128 Å². The maximum absolute atomic E-state index is 12.6. The maximum atomic E-state index is 12.6. The molecule has 132 valence electrons. The molecule has 0 bridgehead atoms. The van der Waals surface area contributed by atoms with Crippen molar-refractivity contribution in [3.05, 3.63) is 45.1 Å². The summed E-state index contributed by atoms with van der Waals surface area (Å²) in [5.41, 5.74) is 1.10. The zero-order chi connectivity index (χ0) is 18.7. The number of allylic oxidation sites excluding steroid dienone is 1. The molecule has 0 radical (unpaired) electrons. The number of hydrogen-bond acceptors (Lipinski definition) is 6. The number of anilines is 1. The molecule has 0 unspecified atom stereocenters. The van der Waals surface area contributed by atoms with Gasteiger partial charge in [-0.15, -0.1) is 0 Å². The summed E-state index contributed by atoms with van der Waals surface area (Å²) < 4.78 is 4.69. The molecule has 0 spiro atoms. The summed E-state index contributed by atoms with van der Waals surface area (Å²) in [5.74, 6) is -2.65. The minimum atomic E-state index is -1.00. The first-order valence-corrected chi connectivity index (χ1v) is 7.39. The van der Waals surface area contributed by atoms with Gasteiger partial charge in [0, 0.05) is 29.9 Å². The number of rotatable bonds is 4. The number of carbonyl (C=O) groups is 3. The van der Waals surface area contributed by atoms with Crippen molar-refractivity contribution in [2.45, 2.75) is 20.3 Å². The third kappa shape index (κ3) is 3.82. The highest BCUT2D eigenvalue weighted by atomic mass is 16.6. The van der Waals surface area contributed by atoms with Crippen molar-refractivity contribution in [1.82, 2.24) is 5.32 Å². The molecule has 2 rings (SSSR count). The Balaban J connectivity index is 2.30. The van der Waals surface area contributed by atoms with E-state index in [-0.39, 0.29) is 29.3 Å². The van der Waals surface area contributed by atoms with Gasteiger partial charge in [0.1, 0.15) is 0 Å². The normalized spacial score (nSPS) is 16.9. The Kier molecular flexibility index (Phi) is 5.16. The fourth-order valence-corrected chi connectivity index (χ4v) is 2.63. The smallest absolute Gasteiger partial charge is 0.336 e. The third-order valence-corrected chi connectivity index (χ3v) is 3.87. The predicted octanol–water partition coefficient (Wildman–Crippen LogP) is 1.42. The van der Waals surface area contributed by atoms with Crippen LogP contribution in [-0.2, 0) is 19.1 Å². The molecule has 25 heavy (non-hydrogen) atoms. The van der Waals surface area contributed by atoms with Gasteiger partial charge in [-0.3, -0.25) is 19.7 Å². The number of ether oxygens (including phenoxy) is 1. The molecule has 1 aliphatic rings. The Morgan fingerprint density at radius 2 is 2.04 bits per heavy atom. The molecule has 2 amide bonds. The van der Waals surface area contributed by atoms with E-state index >= 15 is 0 Å². The van der Waals surface area contributed by atoms with Crippen molar-refractivity contribution in [1.29, 1.82) is 0 Å². The predicted molar refractivity (Wildman–Crippen MR) is 87.4 cm³/mol. The summed E-state index contributed by atoms with van der Waals surface area (Å²) in [6.45, 7) is 3.12. The molecular formula is C16H17N3O6. The summed E-state index contributed by atoms with van der Waals surface area (Å²) in [5, 5.41) is 15.9. The number of carbonyl (C=O) groups excluding carboxylic acids is 3. The van der Waals surface area contributed by atoms with Gasteiger partial charge in [0.05, 0.1) is 23.5 Å². The van der Waals surface area contributed by atoms with Gasteiger partial charge in [0.25, 0.3) is 5.69 Å². The molecule has 9 heteroatoms. The first-order chi connectivity index (χ1) is 11.7. The van der Waals surface area contributed by atoms with Crippen molar-refractivity contribution in [2.24, 2.45) is 5.92 Å². The molecule has 1 aromatic rings. The maximum Gasteiger partial charge on any atom is 0.336 e. The molecule has 2 N–H and O–H groups in total. The first-order valence-electron chi connectivity index (χ1n) is 7.39. The number of nitrogens with zero attached hydrogens (tertiary/aromatic N) is 1. The number of aryl methyl sites for hydroxylation is 1. The molecule has 1 aromatic carbocycles. The van der Waals surface area contributed by atoms with E-state index in [2.05, 4.69) is 15.4 Å². The second kappa shape index (κ2) is 7.12. The van der Waals surface area contributed by atoms with Gasteiger partial charge in [-0.05, 0) is 25.5 Å². The van der Waals surface area contributed by atoms with E-state index in [0.717, 1.165) is 0 Å². The van der Waals surface area contributed by atoms with Crippen LogP contribution in [-0.4, -0.2) is 29.8 Å². The number of hydrogen-bond donors (Lipinski definition) is 2. The zero-order valence-electron chi connectivity index (χ0n) is 13.9. The molecular weight excluding hydrogens is 330 g/mol. The van der Waals surface area contributed by atoms with Gasteiger partial charge in [-0.1, -0.05) is 0 Å². The number of non-ortho nitro benzene ring substituents is 1. The molecule has 0 aromatic heterocycles. The van der Waals surface area contributed by atoms with Crippen LogP contribution in [0.1, 0.15) is 18.9 Å². The zero-order valence-corrected chi connectivity index (χ0v) is 13.9. The van der Waals surface area contributed by atoms with Crippen molar-refractivity contribution in [2.75, 3.05) is 12.4 Å². The number of nitrogens with one attached hydrogen (secondary N) is 2. The number of nitro benzene ring substituents is 1. The van der Waals surface area contributed by atoms with Crippen LogP contribution in [0.3, 0.4) is 0 Å². The molecule has 1 aliphatic heterocycles. The molecule has 0 saturated heterocycles. The van der Waals surface area contributed by atoms with Gasteiger partial charge in [-0.25, -0.2) is 4.79 Å².